The lowest BCUT2D eigenvalue weighted by Crippen LogP contribution is -2.88. The molecule has 3 aromatic rings. The van der Waals surface area contributed by atoms with Crippen LogP contribution < -0.4 is 5.32 Å². The Morgan fingerprint density at radius 1 is 1.13 bits per heavy atom. The van der Waals surface area contributed by atoms with Crippen LogP contribution in [0.3, 0.4) is 0 Å². The van der Waals surface area contributed by atoms with Crippen molar-refractivity contribution in [3.63, 3.8) is 0 Å². The fraction of sp³-hybridized carbons (Fsp3) is 0.261. The zero-order chi connectivity index (χ0) is 20.7. The summed E-state index contributed by atoms with van der Waals surface area (Å²) in [6.07, 6.45) is 4.28. The molecule has 0 amide bonds. The van der Waals surface area contributed by atoms with E-state index in [4.69, 9.17) is 11.6 Å². The quantitative estimate of drug-likeness (QED) is 0.681. The number of halogens is 1. The van der Waals surface area contributed by atoms with Gasteiger partial charge in [0.2, 0.25) is 0 Å². The van der Waals surface area contributed by atoms with Crippen molar-refractivity contribution in [3.05, 3.63) is 94.2 Å². The first-order valence-corrected chi connectivity index (χ1v) is 10.5. The van der Waals surface area contributed by atoms with E-state index in [2.05, 4.69) is 27.5 Å². The summed E-state index contributed by atoms with van der Waals surface area (Å²) >= 11 is 6.06. The number of nitrogens with two attached hydrogens (primary N) is 1. The molecule has 5 rings (SSSR count). The molecule has 0 saturated carbocycles. The normalized spacial score (nSPS) is 24.0. The maximum Gasteiger partial charge on any atom is 0.169 e. The van der Waals surface area contributed by atoms with Crippen molar-refractivity contribution in [2.45, 2.75) is 30.8 Å². The van der Waals surface area contributed by atoms with Crippen LogP contribution in [0, 0.1) is 0 Å². The molecule has 0 fully saturated rings. The van der Waals surface area contributed by atoms with E-state index in [1.54, 1.807) is 23.1 Å². The fourth-order valence-corrected chi connectivity index (χ4v) is 4.92. The number of benzene rings is 2. The van der Waals surface area contributed by atoms with Gasteiger partial charge in [-0.05, 0) is 23.3 Å². The highest BCUT2D eigenvalue weighted by Crippen LogP contribution is 2.44. The highest BCUT2D eigenvalue weighted by molar-refractivity contribution is 6.30. The molecule has 1 aromatic heterocycles. The number of fused-ring (bicyclic) bond motifs is 1. The molecule has 0 saturated heterocycles. The highest BCUT2D eigenvalue weighted by atomic mass is 35.5. The van der Waals surface area contributed by atoms with Gasteiger partial charge in [0.25, 0.3) is 0 Å². The molecule has 2 aliphatic rings. The van der Waals surface area contributed by atoms with Crippen molar-refractivity contribution in [1.82, 2.24) is 14.8 Å². The summed E-state index contributed by atoms with van der Waals surface area (Å²) in [5, 5.41) is 18.5. The first-order chi connectivity index (χ1) is 14.6. The molecule has 0 spiro atoms. The molecular weight excluding hydrogens is 400 g/mol. The van der Waals surface area contributed by atoms with Crippen molar-refractivity contribution in [2.24, 2.45) is 0 Å². The molecular formula is C23H22ClN4O2+. The van der Waals surface area contributed by atoms with Crippen LogP contribution in [0.2, 0.25) is 5.02 Å². The van der Waals surface area contributed by atoms with E-state index in [-0.39, 0.29) is 29.9 Å². The van der Waals surface area contributed by atoms with Crippen molar-refractivity contribution in [2.75, 3.05) is 6.54 Å². The number of ketones is 1. The van der Waals surface area contributed by atoms with Gasteiger partial charge in [0.05, 0.1) is 12.1 Å². The predicted octanol–water partition coefficient (Wildman–Crippen LogP) is 2.90. The van der Waals surface area contributed by atoms with Crippen LogP contribution >= 0.6 is 11.6 Å². The number of Topliss-reactive ketones (excluding diaryl/α,β-unsaturated/α-hetero) is 1. The summed E-state index contributed by atoms with van der Waals surface area (Å²) in [4.78, 5) is 17.4. The van der Waals surface area contributed by atoms with Crippen molar-refractivity contribution >= 4 is 17.4 Å². The van der Waals surface area contributed by atoms with Crippen LogP contribution in [0.4, 0.5) is 0 Å². The zero-order valence-electron chi connectivity index (χ0n) is 16.3. The largest absolute Gasteiger partial charge is 0.509 e. The molecule has 152 valence electrons. The van der Waals surface area contributed by atoms with Gasteiger partial charge >= 0.3 is 0 Å². The van der Waals surface area contributed by atoms with E-state index in [1.807, 2.05) is 24.3 Å². The Morgan fingerprint density at radius 3 is 2.70 bits per heavy atom. The second kappa shape index (κ2) is 7.70. The number of carbonyl (C=O) groups is 1. The molecule has 7 heteroatoms. The number of hydrogen-bond donors (Lipinski definition) is 2. The maximum atomic E-state index is 13.4. The number of quaternary nitrogens is 1. The van der Waals surface area contributed by atoms with E-state index >= 15 is 0 Å². The van der Waals surface area contributed by atoms with Gasteiger partial charge in [-0.1, -0.05) is 48.0 Å². The monoisotopic (exact) mass is 421 g/mol. The summed E-state index contributed by atoms with van der Waals surface area (Å²) in [7, 11) is 0. The smallest absolute Gasteiger partial charge is 0.169 e. The van der Waals surface area contributed by atoms with E-state index in [9.17, 15) is 9.90 Å². The molecule has 30 heavy (non-hydrogen) atoms. The second-order valence-corrected chi connectivity index (χ2v) is 8.29. The first kappa shape index (κ1) is 19.0. The number of nitrogens with zero attached hydrogens (tertiary/aromatic N) is 3. The molecule has 0 unspecified atom stereocenters. The molecule has 2 heterocycles. The van der Waals surface area contributed by atoms with Gasteiger partial charge in [0, 0.05) is 29.3 Å². The third-order valence-corrected chi connectivity index (χ3v) is 6.43. The van der Waals surface area contributed by atoms with Crippen LogP contribution in [-0.4, -0.2) is 32.2 Å². The summed E-state index contributed by atoms with van der Waals surface area (Å²) in [5.74, 6) is -0.199. The number of hydrogen-bond acceptors (Lipinski definition) is 4. The second-order valence-electron chi connectivity index (χ2n) is 7.86. The number of aliphatic hydroxyl groups excluding tert-OH is 1. The predicted molar refractivity (Wildman–Crippen MR) is 112 cm³/mol. The Hall–Kier alpha value is -2.96. The van der Waals surface area contributed by atoms with Crippen molar-refractivity contribution in [3.8, 4) is 0 Å². The fourth-order valence-electron chi connectivity index (χ4n) is 4.80. The lowest BCUT2D eigenvalue weighted by atomic mass is 9.75. The summed E-state index contributed by atoms with van der Waals surface area (Å²) in [5.41, 5.74) is 3.75. The number of aliphatic hydroxyl groups is 1. The lowest BCUT2D eigenvalue weighted by Gasteiger charge is -2.35. The Morgan fingerprint density at radius 2 is 1.93 bits per heavy atom. The SMILES string of the molecule is O=C1C[C@H](c2ccc(Cl)cc2)[C@H](n2cncn2)C(O)=C1[C@@H]1[NH2+]CCc2ccccc21. The summed E-state index contributed by atoms with van der Waals surface area (Å²) < 4.78 is 1.65. The van der Waals surface area contributed by atoms with Crippen LogP contribution in [-0.2, 0) is 11.2 Å². The summed E-state index contributed by atoms with van der Waals surface area (Å²) in [6.45, 7) is 0.875. The van der Waals surface area contributed by atoms with Crippen LogP contribution in [0.1, 0.15) is 41.1 Å². The molecule has 1 aliphatic carbocycles. The van der Waals surface area contributed by atoms with Crippen molar-refractivity contribution in [1.29, 1.82) is 0 Å². The van der Waals surface area contributed by atoms with Gasteiger partial charge in [-0.25, -0.2) is 9.67 Å². The minimum absolute atomic E-state index is 0.0261. The van der Waals surface area contributed by atoms with Gasteiger partial charge in [-0.3, -0.25) is 4.79 Å². The molecule has 3 atom stereocenters. The van der Waals surface area contributed by atoms with Crippen LogP contribution in [0.25, 0.3) is 0 Å². The van der Waals surface area contributed by atoms with E-state index in [0.717, 1.165) is 24.1 Å². The third kappa shape index (κ3) is 3.22. The Balaban J connectivity index is 1.64. The standard InChI is InChI=1S/C23H21ClN4O2/c24-16-7-5-15(6-8-16)18-11-19(29)20(23(30)22(18)28-13-25-12-27-28)21-17-4-2-1-3-14(17)9-10-26-21/h1-8,12-13,18,21-22,26,30H,9-11H2/p+1/t18-,21-,22+/m1/s1. The van der Waals surface area contributed by atoms with Gasteiger partial charge in [0.1, 0.15) is 30.5 Å². The Bertz CT molecular complexity index is 1110. The van der Waals surface area contributed by atoms with Gasteiger partial charge in [-0.15, -0.1) is 0 Å². The number of rotatable bonds is 3. The molecule has 2 aromatic carbocycles. The van der Waals surface area contributed by atoms with Gasteiger partial charge in [0.15, 0.2) is 5.78 Å². The first-order valence-electron chi connectivity index (χ1n) is 10.1. The van der Waals surface area contributed by atoms with E-state index < -0.39 is 6.04 Å². The minimum atomic E-state index is -0.496. The van der Waals surface area contributed by atoms with E-state index in [1.165, 1.54) is 11.9 Å². The van der Waals surface area contributed by atoms with Crippen LogP contribution in [0.15, 0.2) is 72.5 Å². The maximum absolute atomic E-state index is 13.4. The molecule has 1 aliphatic heterocycles. The number of carbonyl (C=O) groups excluding carboxylic acids is 1. The third-order valence-electron chi connectivity index (χ3n) is 6.18. The number of aromatic nitrogens is 3. The topological polar surface area (TPSA) is 84.6 Å². The minimum Gasteiger partial charge on any atom is -0.509 e. The Kier molecular flexibility index (Phi) is 4.89. The highest BCUT2D eigenvalue weighted by Gasteiger charge is 2.44. The average Bonchev–Trinajstić information content (AvgIpc) is 3.28. The molecule has 0 bridgehead atoms. The molecule has 3 N–H and O–H groups in total. The molecule has 6 nitrogen and oxygen atoms in total. The summed E-state index contributed by atoms with van der Waals surface area (Å²) in [6, 6.07) is 14.9. The van der Waals surface area contributed by atoms with Crippen molar-refractivity contribution < 1.29 is 15.2 Å². The van der Waals surface area contributed by atoms with Crippen LogP contribution in [0.5, 0.6) is 0 Å². The van der Waals surface area contributed by atoms with E-state index in [0.29, 0.717) is 10.6 Å². The van der Waals surface area contributed by atoms with Gasteiger partial charge < -0.3 is 10.4 Å². The zero-order valence-corrected chi connectivity index (χ0v) is 17.0. The Labute approximate surface area is 179 Å². The number of allylic oxidation sites excluding steroid dienone is 1. The molecule has 0 radical (unpaired) electrons. The van der Waals surface area contributed by atoms with Gasteiger partial charge in [-0.2, -0.15) is 5.10 Å². The lowest BCUT2D eigenvalue weighted by molar-refractivity contribution is -0.690. The average molecular weight is 422 g/mol.